The molecule has 1 aromatic heterocycles. The SMILES string of the molecule is CCNC(=NCCN(CC)CC)NCCc1cccs1. The van der Waals surface area contributed by atoms with Crippen molar-refractivity contribution < 1.29 is 0 Å². The van der Waals surface area contributed by atoms with Crippen LogP contribution in [0.5, 0.6) is 0 Å². The van der Waals surface area contributed by atoms with Gasteiger partial charge in [0.1, 0.15) is 0 Å². The molecule has 20 heavy (non-hydrogen) atoms. The van der Waals surface area contributed by atoms with Crippen LogP contribution in [0, 0.1) is 0 Å². The molecule has 0 atom stereocenters. The number of nitrogens with zero attached hydrogens (tertiary/aromatic N) is 2. The fourth-order valence-corrected chi connectivity index (χ4v) is 2.65. The molecule has 0 radical (unpaired) electrons. The van der Waals surface area contributed by atoms with Crippen LogP contribution in [0.1, 0.15) is 25.6 Å². The molecule has 0 amide bonds. The molecule has 0 aliphatic heterocycles. The topological polar surface area (TPSA) is 39.7 Å². The molecule has 0 saturated carbocycles. The minimum absolute atomic E-state index is 0.843. The lowest BCUT2D eigenvalue weighted by molar-refractivity contribution is 0.313. The summed E-state index contributed by atoms with van der Waals surface area (Å²) < 4.78 is 0. The van der Waals surface area contributed by atoms with Crippen LogP contribution in [-0.2, 0) is 6.42 Å². The van der Waals surface area contributed by atoms with Gasteiger partial charge in [-0.25, -0.2) is 0 Å². The van der Waals surface area contributed by atoms with Crippen molar-refractivity contribution in [3.63, 3.8) is 0 Å². The second-order valence-corrected chi connectivity index (χ2v) is 5.58. The summed E-state index contributed by atoms with van der Waals surface area (Å²) in [6.07, 6.45) is 1.05. The highest BCUT2D eigenvalue weighted by Gasteiger charge is 2.00. The average molecular weight is 296 g/mol. The van der Waals surface area contributed by atoms with Gasteiger partial charge in [-0.05, 0) is 37.9 Å². The van der Waals surface area contributed by atoms with Crippen molar-refractivity contribution in [2.24, 2.45) is 4.99 Å². The Morgan fingerprint density at radius 2 is 2.05 bits per heavy atom. The van der Waals surface area contributed by atoms with Gasteiger partial charge >= 0.3 is 0 Å². The van der Waals surface area contributed by atoms with Gasteiger partial charge < -0.3 is 15.5 Å². The van der Waals surface area contributed by atoms with Crippen molar-refractivity contribution >= 4 is 17.3 Å². The molecule has 1 rings (SSSR count). The van der Waals surface area contributed by atoms with Crippen molar-refractivity contribution in [2.45, 2.75) is 27.2 Å². The molecule has 0 aliphatic carbocycles. The highest BCUT2D eigenvalue weighted by atomic mass is 32.1. The van der Waals surface area contributed by atoms with Crippen molar-refractivity contribution in [1.82, 2.24) is 15.5 Å². The molecule has 0 aromatic carbocycles. The maximum absolute atomic E-state index is 4.62. The minimum Gasteiger partial charge on any atom is -0.357 e. The molecule has 2 N–H and O–H groups in total. The highest BCUT2D eigenvalue weighted by Crippen LogP contribution is 2.07. The first-order chi connectivity index (χ1) is 9.80. The maximum Gasteiger partial charge on any atom is 0.191 e. The van der Waals surface area contributed by atoms with E-state index in [-0.39, 0.29) is 0 Å². The fraction of sp³-hybridized carbons (Fsp3) is 0.667. The smallest absolute Gasteiger partial charge is 0.191 e. The number of aliphatic imine (C=N–C) groups is 1. The van der Waals surface area contributed by atoms with Crippen molar-refractivity contribution in [3.8, 4) is 0 Å². The Kier molecular flexibility index (Phi) is 9.07. The zero-order valence-corrected chi connectivity index (χ0v) is 13.8. The van der Waals surface area contributed by atoms with Crippen LogP contribution in [0.2, 0.25) is 0 Å². The lowest BCUT2D eigenvalue weighted by Gasteiger charge is -2.17. The van der Waals surface area contributed by atoms with Gasteiger partial charge in [0.15, 0.2) is 5.96 Å². The van der Waals surface area contributed by atoms with E-state index >= 15 is 0 Å². The summed E-state index contributed by atoms with van der Waals surface area (Å²) in [6, 6.07) is 4.28. The Balaban J connectivity index is 2.30. The molecule has 0 saturated heterocycles. The van der Waals surface area contributed by atoms with Gasteiger partial charge in [-0.3, -0.25) is 4.99 Å². The first-order valence-corrected chi connectivity index (χ1v) is 8.45. The van der Waals surface area contributed by atoms with Crippen LogP contribution in [0.25, 0.3) is 0 Å². The molecule has 0 aliphatic rings. The predicted octanol–water partition coefficient (Wildman–Crippen LogP) is 2.19. The van der Waals surface area contributed by atoms with E-state index in [1.807, 2.05) is 11.3 Å². The lowest BCUT2D eigenvalue weighted by Crippen LogP contribution is -2.39. The van der Waals surface area contributed by atoms with Crippen LogP contribution < -0.4 is 10.6 Å². The van der Waals surface area contributed by atoms with E-state index in [4.69, 9.17) is 0 Å². The Labute approximate surface area is 127 Å². The molecule has 114 valence electrons. The van der Waals surface area contributed by atoms with Crippen LogP contribution in [0.3, 0.4) is 0 Å². The van der Waals surface area contributed by atoms with Crippen molar-refractivity contribution in [2.75, 3.05) is 39.3 Å². The molecule has 0 fully saturated rings. The van der Waals surface area contributed by atoms with Crippen LogP contribution >= 0.6 is 11.3 Å². The normalized spacial score (nSPS) is 11.9. The third kappa shape index (κ3) is 6.91. The van der Waals surface area contributed by atoms with Crippen LogP contribution in [0.15, 0.2) is 22.5 Å². The maximum atomic E-state index is 4.62. The molecule has 0 bridgehead atoms. The molecule has 4 nitrogen and oxygen atoms in total. The quantitative estimate of drug-likeness (QED) is 0.542. The summed E-state index contributed by atoms with van der Waals surface area (Å²) in [6.45, 7) is 12.4. The summed E-state index contributed by atoms with van der Waals surface area (Å²) in [4.78, 5) is 8.43. The van der Waals surface area contributed by atoms with E-state index in [1.54, 1.807) is 0 Å². The number of hydrogen-bond donors (Lipinski definition) is 2. The van der Waals surface area contributed by atoms with Gasteiger partial charge in [0, 0.05) is 24.5 Å². The van der Waals surface area contributed by atoms with E-state index in [2.05, 4.69) is 58.8 Å². The minimum atomic E-state index is 0.843. The Bertz CT molecular complexity index is 358. The molecule has 1 aromatic rings. The first-order valence-electron chi connectivity index (χ1n) is 7.57. The van der Waals surface area contributed by atoms with Gasteiger partial charge in [0.05, 0.1) is 6.54 Å². The number of guanidine groups is 1. The molecule has 5 heteroatoms. The van der Waals surface area contributed by atoms with Gasteiger partial charge in [-0.1, -0.05) is 19.9 Å². The van der Waals surface area contributed by atoms with E-state index in [9.17, 15) is 0 Å². The van der Waals surface area contributed by atoms with Crippen molar-refractivity contribution in [3.05, 3.63) is 22.4 Å². The van der Waals surface area contributed by atoms with Gasteiger partial charge in [0.2, 0.25) is 0 Å². The Morgan fingerprint density at radius 1 is 1.25 bits per heavy atom. The summed E-state index contributed by atoms with van der Waals surface area (Å²) in [5.74, 6) is 0.927. The summed E-state index contributed by atoms with van der Waals surface area (Å²) in [5, 5.41) is 8.82. The van der Waals surface area contributed by atoms with Crippen molar-refractivity contribution in [1.29, 1.82) is 0 Å². The van der Waals surface area contributed by atoms with Gasteiger partial charge in [-0.2, -0.15) is 0 Å². The second-order valence-electron chi connectivity index (χ2n) is 4.54. The predicted molar refractivity (Wildman–Crippen MR) is 89.8 cm³/mol. The third-order valence-corrected chi connectivity index (χ3v) is 4.10. The largest absolute Gasteiger partial charge is 0.357 e. The number of rotatable bonds is 9. The zero-order chi connectivity index (χ0) is 14.6. The molecular formula is C15H28N4S. The number of likely N-dealkylation sites (N-methyl/N-ethyl adjacent to an activating group) is 1. The van der Waals surface area contributed by atoms with Crippen LogP contribution in [-0.4, -0.2) is 50.1 Å². The first kappa shape index (κ1) is 17.0. The third-order valence-electron chi connectivity index (χ3n) is 3.17. The van der Waals surface area contributed by atoms with E-state index < -0.39 is 0 Å². The zero-order valence-electron chi connectivity index (χ0n) is 13.0. The number of thiophene rings is 1. The molecule has 0 unspecified atom stereocenters. The summed E-state index contributed by atoms with van der Waals surface area (Å²) in [7, 11) is 0. The number of hydrogen-bond acceptors (Lipinski definition) is 3. The average Bonchev–Trinajstić information content (AvgIpc) is 2.97. The number of nitrogens with one attached hydrogen (secondary N) is 2. The molecule has 1 heterocycles. The Hall–Kier alpha value is -1.07. The monoisotopic (exact) mass is 296 g/mol. The van der Waals surface area contributed by atoms with Crippen LogP contribution in [0.4, 0.5) is 0 Å². The van der Waals surface area contributed by atoms with E-state index in [1.165, 1.54) is 4.88 Å². The standard InChI is InChI=1S/C15H28N4S/c1-4-16-15(18-11-12-19(5-2)6-3)17-10-9-14-8-7-13-20-14/h7-8,13H,4-6,9-12H2,1-3H3,(H2,16,17,18). The van der Waals surface area contributed by atoms with Gasteiger partial charge in [0.25, 0.3) is 0 Å². The van der Waals surface area contributed by atoms with E-state index in [0.29, 0.717) is 0 Å². The lowest BCUT2D eigenvalue weighted by atomic mass is 10.3. The fourth-order valence-electron chi connectivity index (χ4n) is 1.94. The second kappa shape index (κ2) is 10.7. The summed E-state index contributed by atoms with van der Waals surface area (Å²) >= 11 is 1.81. The molecular weight excluding hydrogens is 268 g/mol. The highest BCUT2D eigenvalue weighted by molar-refractivity contribution is 7.09. The molecule has 0 spiro atoms. The Morgan fingerprint density at radius 3 is 2.65 bits per heavy atom. The summed E-state index contributed by atoms with van der Waals surface area (Å²) in [5.41, 5.74) is 0. The van der Waals surface area contributed by atoms with Gasteiger partial charge in [-0.15, -0.1) is 11.3 Å². The van der Waals surface area contributed by atoms with E-state index in [0.717, 1.165) is 51.6 Å².